The lowest BCUT2D eigenvalue weighted by molar-refractivity contribution is -0.580. The molecule has 4 aliphatic heterocycles. The van der Waals surface area contributed by atoms with Crippen molar-refractivity contribution in [1.82, 2.24) is 4.90 Å². The average molecular weight is 724 g/mol. The molecule has 0 spiro atoms. The smallest absolute Gasteiger partial charge is 0.414 e. The zero-order valence-corrected chi connectivity index (χ0v) is 29.9. The van der Waals surface area contributed by atoms with Gasteiger partial charge >= 0.3 is 12.1 Å². The molecule has 0 aromatic heterocycles. The maximum atomic E-state index is 13.8. The number of amides is 1. The van der Waals surface area contributed by atoms with Crippen LogP contribution in [0, 0.1) is 12.8 Å². The van der Waals surface area contributed by atoms with E-state index in [9.17, 15) is 14.7 Å². The molecule has 7 rings (SSSR count). The van der Waals surface area contributed by atoms with E-state index in [-0.39, 0.29) is 24.8 Å². The Bertz CT molecular complexity index is 1790. The van der Waals surface area contributed by atoms with Crippen molar-refractivity contribution in [2.24, 2.45) is 5.92 Å². The van der Waals surface area contributed by atoms with Gasteiger partial charge in [-0.05, 0) is 86.3 Å². The van der Waals surface area contributed by atoms with Crippen LogP contribution in [0.3, 0.4) is 0 Å². The Hall–Kier alpha value is -4.22. The Labute approximate surface area is 302 Å². The number of methoxy groups -OCH3 is 2. The summed E-state index contributed by atoms with van der Waals surface area (Å²) in [5, 5.41) is 13.4. The van der Waals surface area contributed by atoms with Gasteiger partial charge in [0.15, 0.2) is 11.5 Å². The Morgan fingerprint density at radius 3 is 2.42 bits per heavy atom. The van der Waals surface area contributed by atoms with Crippen LogP contribution in [0.5, 0.6) is 17.2 Å². The second kappa shape index (κ2) is 15.8. The van der Waals surface area contributed by atoms with Crippen molar-refractivity contribution in [2.75, 3.05) is 45.3 Å². The number of phenols is 1. The Morgan fingerprint density at radius 1 is 1.02 bits per heavy atom. The van der Waals surface area contributed by atoms with E-state index in [1.165, 1.54) is 0 Å². The number of piperidine rings is 3. The molecule has 1 amide bonds. The number of fused-ring (bicyclic) bond motifs is 3. The van der Waals surface area contributed by atoms with Crippen molar-refractivity contribution in [3.8, 4) is 17.2 Å². The second-order valence-electron chi connectivity index (χ2n) is 12.8. The van der Waals surface area contributed by atoms with E-state index >= 15 is 0 Å². The molecule has 4 aliphatic rings. The number of hydrogen-bond donors (Lipinski definition) is 2. The number of esters is 1. The van der Waals surface area contributed by atoms with Crippen LogP contribution in [0.25, 0.3) is 0 Å². The third-order valence-electron chi connectivity index (χ3n) is 9.76. The third kappa shape index (κ3) is 7.89. The monoisotopic (exact) mass is 722 g/mol. The number of aromatic hydroxyl groups is 1. The summed E-state index contributed by atoms with van der Waals surface area (Å²) < 4.78 is 23.1. The van der Waals surface area contributed by atoms with Crippen LogP contribution in [-0.4, -0.2) is 68.6 Å². The van der Waals surface area contributed by atoms with Crippen LogP contribution in [-0.2, 0) is 16.0 Å². The molecule has 0 radical (unpaired) electrons. The van der Waals surface area contributed by atoms with Crippen molar-refractivity contribution in [1.29, 1.82) is 0 Å². The minimum Gasteiger partial charge on any atom is -0.508 e. The highest BCUT2D eigenvalue weighted by atomic mass is 35.5. The molecule has 2 bridgehead atoms. The lowest BCUT2D eigenvalue weighted by Gasteiger charge is -2.44. The summed E-state index contributed by atoms with van der Waals surface area (Å²) in [6.07, 6.45) is 2.69. The van der Waals surface area contributed by atoms with Gasteiger partial charge in [0.1, 0.15) is 30.7 Å². The van der Waals surface area contributed by atoms with Crippen LogP contribution in [0.1, 0.15) is 52.4 Å². The highest BCUT2D eigenvalue weighted by Gasteiger charge is 2.38. The van der Waals surface area contributed by atoms with Crippen molar-refractivity contribution in [3.63, 3.8) is 0 Å². The number of hydrogen-bond acceptors (Lipinski definition) is 8. The first-order valence-corrected chi connectivity index (χ1v) is 17.5. The molecule has 12 heteroatoms. The molecule has 3 fully saturated rings. The topological polar surface area (TPSA) is 114 Å². The molecule has 3 saturated heterocycles. The highest BCUT2D eigenvalue weighted by molar-refractivity contribution is 6.35. The van der Waals surface area contributed by atoms with Crippen LogP contribution in [0.4, 0.5) is 10.5 Å². The van der Waals surface area contributed by atoms with Gasteiger partial charge in [0, 0.05) is 24.1 Å². The zero-order valence-electron chi connectivity index (χ0n) is 28.4. The summed E-state index contributed by atoms with van der Waals surface area (Å²) in [5.41, 5.74) is 3.60. The molecule has 10 nitrogen and oxygen atoms in total. The number of carbonyl (C=O) groups is 2. The third-order valence-corrected chi connectivity index (χ3v) is 10.5. The van der Waals surface area contributed by atoms with E-state index < -0.39 is 18.2 Å². The predicted molar refractivity (Wildman–Crippen MR) is 191 cm³/mol. The fourth-order valence-corrected chi connectivity index (χ4v) is 7.41. The van der Waals surface area contributed by atoms with E-state index in [1.54, 1.807) is 86.8 Å². The van der Waals surface area contributed by atoms with Crippen LogP contribution in [0.2, 0.25) is 0 Å². The lowest BCUT2D eigenvalue weighted by Crippen LogP contribution is -2.79. The number of rotatable bonds is 11. The number of allylic oxidation sites excluding steroid dienone is 1. The molecule has 0 saturated carbocycles. The molecular formula is C38H42Cl2N3O7+. The number of nitrogens with zero attached hydrogens (tertiary/aromatic N) is 2. The van der Waals surface area contributed by atoms with Crippen LogP contribution >= 0.6 is 23.2 Å². The molecule has 2 atom stereocenters. The first-order valence-electron chi connectivity index (χ1n) is 16.7. The van der Waals surface area contributed by atoms with Crippen LogP contribution in [0.15, 0.2) is 82.5 Å². The summed E-state index contributed by atoms with van der Waals surface area (Å²) in [7, 11) is 3.10. The van der Waals surface area contributed by atoms with Gasteiger partial charge in [-0.3, -0.25) is 9.80 Å². The molecule has 3 aromatic carbocycles. The standard InChI is InChI=1S/C38H41Cl2N3O7/c1-23-31(5-4-6-32(23)44)43(38(46)50-36-22-42-15-13-25(36)14-16-42)21-24-7-9-26(10-8-24)37(45)49-34(18-28-29(39)19-41-20-30(28)40)27-11-12-33(47-2)35(17-27)48-3/h4-12,17,19,25,34,36,41,44H,13-16,18,20-22H2,1-3H3/p+1/t34-,36-/m0/s1. The van der Waals surface area contributed by atoms with Crippen LogP contribution < -0.4 is 19.7 Å². The zero-order chi connectivity index (χ0) is 35.4. The number of halogens is 2. The predicted octanol–water partition coefficient (Wildman–Crippen LogP) is 6.39. The van der Waals surface area contributed by atoms with Gasteiger partial charge < -0.3 is 29.4 Å². The summed E-state index contributed by atoms with van der Waals surface area (Å²) in [4.78, 5) is 31.3. The van der Waals surface area contributed by atoms with E-state index in [2.05, 4.69) is 4.90 Å². The van der Waals surface area contributed by atoms with E-state index in [4.69, 9.17) is 42.1 Å². The molecule has 50 heavy (non-hydrogen) atoms. The lowest BCUT2D eigenvalue weighted by atomic mass is 9.86. The second-order valence-corrected chi connectivity index (χ2v) is 13.7. The van der Waals surface area contributed by atoms with Gasteiger partial charge in [-0.15, -0.1) is 0 Å². The van der Waals surface area contributed by atoms with Crippen molar-refractivity contribution in [2.45, 2.75) is 44.9 Å². The normalized spacial score (nSPS) is 20.5. The van der Waals surface area contributed by atoms with Gasteiger partial charge in [-0.2, -0.15) is 0 Å². The quantitative estimate of drug-likeness (QED) is 0.219. The number of phenolic OH excluding ortho intramolecular Hbond substituents is 1. The molecule has 3 aromatic rings. The summed E-state index contributed by atoms with van der Waals surface area (Å²) in [6, 6.07) is 17.3. The fourth-order valence-electron chi connectivity index (χ4n) is 6.81. The van der Waals surface area contributed by atoms with E-state index in [1.807, 2.05) is 11.4 Å². The van der Waals surface area contributed by atoms with Gasteiger partial charge in [0.25, 0.3) is 0 Å². The van der Waals surface area contributed by atoms with Crippen molar-refractivity contribution in [3.05, 3.63) is 105 Å². The summed E-state index contributed by atoms with van der Waals surface area (Å²) in [6.45, 7) is 5.27. The van der Waals surface area contributed by atoms with Crippen molar-refractivity contribution >= 4 is 41.0 Å². The number of carbonyl (C=O) groups excluding carboxylic acids is 2. The van der Waals surface area contributed by atoms with E-state index in [0.717, 1.165) is 38.0 Å². The van der Waals surface area contributed by atoms with Gasteiger partial charge in [-0.1, -0.05) is 47.5 Å². The maximum Gasteiger partial charge on any atom is 0.414 e. The van der Waals surface area contributed by atoms with Gasteiger partial charge in [0.05, 0.1) is 42.1 Å². The fraction of sp³-hybridized carbons (Fsp3) is 0.368. The maximum absolute atomic E-state index is 13.8. The molecule has 264 valence electrons. The first kappa shape index (κ1) is 35.6. The largest absolute Gasteiger partial charge is 0.508 e. The number of benzene rings is 3. The number of anilines is 1. The minimum absolute atomic E-state index is 0.0884. The molecule has 0 unspecified atom stereocenters. The van der Waals surface area contributed by atoms with Gasteiger partial charge in [0.2, 0.25) is 0 Å². The SMILES string of the molecule is COc1ccc([C@H](CC2=C(Cl)C[NH2+]C=C2Cl)OC(=O)c2ccc(CN(C(=O)O[C@H]3CN4CCC3CC4)c3cccc(O)c3C)cc2)cc1OC. The van der Waals surface area contributed by atoms with E-state index in [0.29, 0.717) is 62.0 Å². The Morgan fingerprint density at radius 2 is 1.76 bits per heavy atom. The summed E-state index contributed by atoms with van der Waals surface area (Å²) >= 11 is 13.1. The molecule has 3 N–H and O–H groups in total. The summed E-state index contributed by atoms with van der Waals surface area (Å²) in [5.74, 6) is 0.929. The molecule has 0 aliphatic carbocycles. The Balaban J connectivity index is 1.22. The molecular weight excluding hydrogens is 681 g/mol. The number of quaternary nitrogens is 1. The number of nitrogens with two attached hydrogens (primary N) is 1. The highest BCUT2D eigenvalue weighted by Crippen LogP contribution is 2.38. The average Bonchev–Trinajstić information content (AvgIpc) is 3.13. The van der Waals surface area contributed by atoms with Crippen molar-refractivity contribution < 1.29 is 39.0 Å². The Kier molecular flexibility index (Phi) is 11.2. The first-order chi connectivity index (χ1) is 24.1. The number of ether oxygens (including phenoxy) is 4. The van der Waals surface area contributed by atoms with Gasteiger partial charge in [-0.25, -0.2) is 9.59 Å². The molecule has 4 heterocycles. The minimum atomic E-state index is -0.739.